The van der Waals surface area contributed by atoms with Gasteiger partial charge in [-0.3, -0.25) is 0 Å². The molecule has 0 amide bonds. The number of ether oxygens (including phenoxy) is 1. The fourth-order valence-corrected chi connectivity index (χ4v) is 2.52. The van der Waals surface area contributed by atoms with Gasteiger partial charge in [-0.1, -0.05) is 18.2 Å². The lowest BCUT2D eigenvalue weighted by atomic mass is 10.1. The molecular weight excluding hydrogens is 226 g/mol. The van der Waals surface area contributed by atoms with Gasteiger partial charge < -0.3 is 14.5 Å². The molecule has 1 N–H and O–H groups in total. The quantitative estimate of drug-likeness (QED) is 0.901. The molecule has 1 aromatic carbocycles. The molecule has 0 bridgehead atoms. The summed E-state index contributed by atoms with van der Waals surface area (Å²) >= 11 is 0. The molecule has 1 fully saturated rings. The van der Waals surface area contributed by atoms with E-state index in [9.17, 15) is 0 Å². The summed E-state index contributed by atoms with van der Waals surface area (Å²) in [6, 6.07) is 11.1. The zero-order chi connectivity index (χ0) is 12.4. The topological polar surface area (TPSA) is 34.4 Å². The summed E-state index contributed by atoms with van der Waals surface area (Å²) in [5, 5.41) is 4.80. The maximum Gasteiger partial charge on any atom is 0.134 e. The van der Waals surface area contributed by atoms with Crippen molar-refractivity contribution in [2.75, 3.05) is 13.2 Å². The summed E-state index contributed by atoms with van der Waals surface area (Å²) < 4.78 is 11.2. The lowest BCUT2D eigenvalue weighted by Gasteiger charge is -2.25. The van der Waals surface area contributed by atoms with Crippen LogP contribution in [0.3, 0.4) is 0 Å². The molecule has 1 aliphatic heterocycles. The van der Waals surface area contributed by atoms with Crippen molar-refractivity contribution in [1.82, 2.24) is 5.32 Å². The van der Waals surface area contributed by atoms with Crippen molar-refractivity contribution in [3.63, 3.8) is 0 Å². The highest BCUT2D eigenvalue weighted by molar-refractivity contribution is 5.77. The Morgan fingerprint density at radius 3 is 2.78 bits per heavy atom. The lowest BCUT2D eigenvalue weighted by molar-refractivity contribution is 0.0747. The zero-order valence-electron chi connectivity index (χ0n) is 10.7. The van der Waals surface area contributed by atoms with Crippen LogP contribution < -0.4 is 5.32 Å². The van der Waals surface area contributed by atoms with Gasteiger partial charge in [0.25, 0.3) is 0 Å². The monoisotopic (exact) mass is 245 g/mol. The summed E-state index contributed by atoms with van der Waals surface area (Å²) in [7, 11) is 0. The summed E-state index contributed by atoms with van der Waals surface area (Å²) in [4.78, 5) is 0. The molecule has 0 saturated carbocycles. The van der Waals surface area contributed by atoms with Crippen LogP contribution in [0.1, 0.15) is 31.6 Å². The van der Waals surface area contributed by atoms with Crippen LogP contribution in [0.2, 0.25) is 0 Å². The van der Waals surface area contributed by atoms with Gasteiger partial charge in [-0.25, -0.2) is 0 Å². The zero-order valence-corrected chi connectivity index (χ0v) is 10.7. The smallest absolute Gasteiger partial charge is 0.134 e. The van der Waals surface area contributed by atoms with Crippen molar-refractivity contribution in [3.05, 3.63) is 36.1 Å². The molecule has 18 heavy (non-hydrogen) atoms. The first kappa shape index (κ1) is 11.8. The Morgan fingerprint density at radius 2 is 2.00 bits per heavy atom. The highest BCUT2D eigenvalue weighted by atomic mass is 16.5. The summed E-state index contributed by atoms with van der Waals surface area (Å²) in [5.74, 6) is 1.02. The minimum Gasteiger partial charge on any atom is -0.459 e. The van der Waals surface area contributed by atoms with E-state index in [4.69, 9.17) is 9.15 Å². The van der Waals surface area contributed by atoms with Gasteiger partial charge in [-0.05, 0) is 31.9 Å². The molecule has 0 radical (unpaired) electrons. The third-order valence-electron chi connectivity index (χ3n) is 3.58. The molecule has 2 aromatic rings. The van der Waals surface area contributed by atoms with Gasteiger partial charge >= 0.3 is 0 Å². The molecule has 0 spiro atoms. The van der Waals surface area contributed by atoms with Crippen LogP contribution in [0.15, 0.2) is 34.7 Å². The third kappa shape index (κ3) is 2.42. The second kappa shape index (κ2) is 5.12. The molecule has 2 heterocycles. The van der Waals surface area contributed by atoms with Crippen LogP contribution in [0.4, 0.5) is 0 Å². The van der Waals surface area contributed by atoms with Gasteiger partial charge in [0.05, 0.1) is 6.04 Å². The van der Waals surface area contributed by atoms with Gasteiger partial charge in [0.2, 0.25) is 0 Å². The van der Waals surface area contributed by atoms with Gasteiger partial charge in [-0.15, -0.1) is 0 Å². The predicted molar refractivity (Wildman–Crippen MR) is 71.6 cm³/mol. The number of para-hydroxylation sites is 1. The molecule has 1 aromatic heterocycles. The molecule has 3 rings (SSSR count). The summed E-state index contributed by atoms with van der Waals surface area (Å²) in [6.07, 6.45) is 2.18. The number of nitrogens with one attached hydrogen (secondary N) is 1. The Bertz CT molecular complexity index is 481. The first-order chi connectivity index (χ1) is 8.83. The maximum absolute atomic E-state index is 5.88. The SMILES string of the molecule is CC(NC1CCOCC1)c1cc2ccccc2o1. The van der Waals surface area contributed by atoms with E-state index in [0.29, 0.717) is 6.04 Å². The Morgan fingerprint density at radius 1 is 1.22 bits per heavy atom. The second-order valence-corrected chi connectivity index (χ2v) is 4.96. The van der Waals surface area contributed by atoms with E-state index in [1.807, 2.05) is 18.2 Å². The molecular formula is C15H19NO2. The Balaban J connectivity index is 1.72. The first-order valence-corrected chi connectivity index (χ1v) is 6.65. The minimum atomic E-state index is 0.250. The van der Waals surface area contributed by atoms with Crippen LogP contribution in [0.25, 0.3) is 11.0 Å². The molecule has 3 heteroatoms. The van der Waals surface area contributed by atoms with Crippen LogP contribution in [0.5, 0.6) is 0 Å². The van der Waals surface area contributed by atoms with Gasteiger partial charge in [0, 0.05) is 24.6 Å². The third-order valence-corrected chi connectivity index (χ3v) is 3.58. The van der Waals surface area contributed by atoms with Crippen LogP contribution in [-0.4, -0.2) is 19.3 Å². The second-order valence-electron chi connectivity index (χ2n) is 4.96. The highest BCUT2D eigenvalue weighted by Crippen LogP contribution is 2.24. The van der Waals surface area contributed by atoms with Crippen LogP contribution in [-0.2, 0) is 4.74 Å². The number of hydrogen-bond acceptors (Lipinski definition) is 3. The average molecular weight is 245 g/mol. The Kier molecular flexibility index (Phi) is 3.35. The van der Waals surface area contributed by atoms with Crippen molar-refractivity contribution >= 4 is 11.0 Å². The molecule has 3 nitrogen and oxygen atoms in total. The van der Waals surface area contributed by atoms with E-state index in [0.717, 1.165) is 37.4 Å². The van der Waals surface area contributed by atoms with Crippen LogP contribution >= 0.6 is 0 Å². The maximum atomic E-state index is 5.88. The average Bonchev–Trinajstić information content (AvgIpc) is 2.84. The molecule has 1 atom stereocenters. The number of benzene rings is 1. The fourth-order valence-electron chi connectivity index (χ4n) is 2.52. The van der Waals surface area contributed by atoms with Crippen LogP contribution in [0, 0.1) is 0 Å². The predicted octanol–water partition coefficient (Wildman–Crippen LogP) is 3.26. The summed E-state index contributed by atoms with van der Waals surface area (Å²) in [5.41, 5.74) is 0.966. The molecule has 1 aliphatic rings. The highest BCUT2D eigenvalue weighted by Gasteiger charge is 2.18. The first-order valence-electron chi connectivity index (χ1n) is 6.65. The Labute approximate surface area is 107 Å². The molecule has 1 saturated heterocycles. The van der Waals surface area contributed by atoms with E-state index in [2.05, 4.69) is 24.4 Å². The van der Waals surface area contributed by atoms with Crippen molar-refractivity contribution < 1.29 is 9.15 Å². The largest absolute Gasteiger partial charge is 0.459 e. The van der Waals surface area contributed by atoms with E-state index >= 15 is 0 Å². The normalized spacial score (nSPS) is 19.2. The van der Waals surface area contributed by atoms with Crippen molar-refractivity contribution in [2.24, 2.45) is 0 Å². The van der Waals surface area contributed by atoms with E-state index < -0.39 is 0 Å². The van der Waals surface area contributed by atoms with E-state index in [-0.39, 0.29) is 6.04 Å². The van der Waals surface area contributed by atoms with Gasteiger partial charge in [0.15, 0.2) is 0 Å². The van der Waals surface area contributed by atoms with E-state index in [1.165, 1.54) is 5.39 Å². The molecule has 96 valence electrons. The lowest BCUT2D eigenvalue weighted by Crippen LogP contribution is -2.36. The number of fused-ring (bicyclic) bond motifs is 1. The molecule has 1 unspecified atom stereocenters. The Hall–Kier alpha value is -1.32. The summed E-state index contributed by atoms with van der Waals surface area (Å²) in [6.45, 7) is 3.89. The van der Waals surface area contributed by atoms with E-state index in [1.54, 1.807) is 0 Å². The van der Waals surface area contributed by atoms with Crippen molar-refractivity contribution in [2.45, 2.75) is 31.8 Å². The fraction of sp³-hybridized carbons (Fsp3) is 0.467. The van der Waals surface area contributed by atoms with Gasteiger partial charge in [0.1, 0.15) is 11.3 Å². The van der Waals surface area contributed by atoms with Crippen molar-refractivity contribution in [3.8, 4) is 0 Å². The number of rotatable bonds is 3. The standard InChI is InChI=1S/C15H19NO2/c1-11(16-13-6-8-17-9-7-13)15-10-12-4-2-3-5-14(12)18-15/h2-5,10-11,13,16H,6-9H2,1H3. The number of furan rings is 1. The molecule has 0 aliphatic carbocycles. The van der Waals surface area contributed by atoms with Gasteiger partial charge in [-0.2, -0.15) is 0 Å². The minimum absolute atomic E-state index is 0.250. The number of hydrogen-bond donors (Lipinski definition) is 1. The van der Waals surface area contributed by atoms with Crippen molar-refractivity contribution in [1.29, 1.82) is 0 Å².